The minimum absolute atomic E-state index is 0.0339. The number of carbonyl (C=O) groups is 1. The van der Waals surface area contributed by atoms with Crippen LogP contribution in [-0.4, -0.2) is 53.8 Å². The van der Waals surface area contributed by atoms with Gasteiger partial charge >= 0.3 is 5.97 Å². The van der Waals surface area contributed by atoms with Crippen LogP contribution in [0.5, 0.6) is 0 Å². The number of benzene rings is 1. The number of nitrogens with zero attached hydrogens (tertiary/aromatic N) is 2. The molecule has 2 atom stereocenters. The van der Waals surface area contributed by atoms with Gasteiger partial charge in [0.05, 0.1) is 42.3 Å². The zero-order valence-electron chi connectivity index (χ0n) is 16.6. The third-order valence-electron chi connectivity index (χ3n) is 5.42. The molecule has 156 valence electrons. The summed E-state index contributed by atoms with van der Waals surface area (Å²) in [7, 11) is 1.34. The van der Waals surface area contributed by atoms with Gasteiger partial charge in [-0.25, -0.2) is 9.78 Å². The first-order chi connectivity index (χ1) is 14.2. The highest BCUT2D eigenvalue weighted by molar-refractivity contribution is 7.99. The third kappa shape index (κ3) is 4.65. The summed E-state index contributed by atoms with van der Waals surface area (Å²) in [6.45, 7) is 2.03. The minimum Gasteiger partial charge on any atom is -0.465 e. The Morgan fingerprint density at radius 3 is 2.72 bits per heavy atom. The molecule has 3 heterocycles. The lowest BCUT2D eigenvalue weighted by Crippen LogP contribution is -2.29. The van der Waals surface area contributed by atoms with Crippen molar-refractivity contribution < 1.29 is 19.0 Å². The van der Waals surface area contributed by atoms with E-state index in [1.54, 1.807) is 34.5 Å². The van der Waals surface area contributed by atoms with Gasteiger partial charge in [0.15, 0.2) is 5.16 Å². The van der Waals surface area contributed by atoms with Gasteiger partial charge in [0.25, 0.3) is 5.56 Å². The molecule has 0 unspecified atom stereocenters. The first kappa shape index (κ1) is 20.4. The molecule has 4 rings (SSSR count). The van der Waals surface area contributed by atoms with Crippen molar-refractivity contribution >= 4 is 28.6 Å². The third-order valence-corrected chi connectivity index (χ3v) is 6.53. The van der Waals surface area contributed by atoms with E-state index in [4.69, 9.17) is 19.2 Å². The molecule has 0 amide bonds. The summed E-state index contributed by atoms with van der Waals surface area (Å²) in [6, 6.07) is 4.89. The SMILES string of the molecule is COC(=O)c1ccc2c(=O)n(C[C@H]3CCCO3)c(SC[C@@H]3CCCCO3)nc2c1. The summed E-state index contributed by atoms with van der Waals surface area (Å²) < 4.78 is 18.1. The zero-order chi connectivity index (χ0) is 20.2. The summed E-state index contributed by atoms with van der Waals surface area (Å²) >= 11 is 1.54. The van der Waals surface area contributed by atoms with Crippen molar-refractivity contribution in [1.29, 1.82) is 0 Å². The van der Waals surface area contributed by atoms with Crippen LogP contribution in [0.25, 0.3) is 10.9 Å². The monoisotopic (exact) mass is 418 g/mol. The number of carbonyl (C=O) groups excluding carboxylic acids is 1. The first-order valence-corrected chi connectivity index (χ1v) is 11.1. The molecule has 8 heteroatoms. The first-order valence-electron chi connectivity index (χ1n) is 10.1. The Labute approximate surface area is 173 Å². The number of rotatable bonds is 6. The molecule has 0 N–H and O–H groups in total. The van der Waals surface area contributed by atoms with Gasteiger partial charge in [-0.2, -0.15) is 0 Å². The maximum Gasteiger partial charge on any atom is 0.337 e. The second kappa shape index (κ2) is 9.28. The van der Waals surface area contributed by atoms with E-state index < -0.39 is 5.97 Å². The van der Waals surface area contributed by atoms with Gasteiger partial charge in [-0.3, -0.25) is 9.36 Å². The molecule has 1 aromatic carbocycles. The highest BCUT2D eigenvalue weighted by Gasteiger charge is 2.22. The summed E-state index contributed by atoms with van der Waals surface area (Å²) in [5.74, 6) is 0.308. The number of fused-ring (bicyclic) bond motifs is 1. The number of hydrogen-bond donors (Lipinski definition) is 0. The zero-order valence-corrected chi connectivity index (χ0v) is 17.4. The Bertz CT molecular complexity index is 933. The topological polar surface area (TPSA) is 79.7 Å². The number of methoxy groups -OCH3 is 1. The van der Waals surface area contributed by atoms with Gasteiger partial charge in [0, 0.05) is 19.0 Å². The maximum atomic E-state index is 13.2. The quantitative estimate of drug-likeness (QED) is 0.405. The number of thioether (sulfide) groups is 1. The van der Waals surface area contributed by atoms with E-state index >= 15 is 0 Å². The molecule has 0 spiro atoms. The Balaban J connectivity index is 1.68. The van der Waals surface area contributed by atoms with Crippen molar-refractivity contribution in [3.8, 4) is 0 Å². The van der Waals surface area contributed by atoms with Crippen molar-refractivity contribution in [3.63, 3.8) is 0 Å². The van der Waals surface area contributed by atoms with Gasteiger partial charge in [-0.15, -0.1) is 0 Å². The van der Waals surface area contributed by atoms with E-state index in [1.165, 1.54) is 13.5 Å². The fourth-order valence-electron chi connectivity index (χ4n) is 3.81. The molecule has 2 aliphatic rings. The van der Waals surface area contributed by atoms with Crippen molar-refractivity contribution in [2.24, 2.45) is 0 Å². The minimum atomic E-state index is -0.443. The molecule has 2 aromatic rings. The second-order valence-corrected chi connectivity index (χ2v) is 8.46. The standard InChI is InChI=1S/C21H26N2O5S/c1-26-20(25)14-7-8-17-18(11-14)22-21(29-13-16-5-2-3-9-28-16)23(19(17)24)12-15-6-4-10-27-15/h7-8,11,15-16H,2-6,9-10,12-13H2,1H3/t15-,16+/m1/s1. The van der Waals surface area contributed by atoms with E-state index in [1.807, 2.05) is 0 Å². The van der Waals surface area contributed by atoms with Crippen molar-refractivity contribution in [1.82, 2.24) is 9.55 Å². The molecule has 2 fully saturated rings. The lowest BCUT2D eigenvalue weighted by Gasteiger charge is -2.23. The Hall–Kier alpha value is -1.90. The molecular weight excluding hydrogens is 392 g/mol. The highest BCUT2D eigenvalue weighted by atomic mass is 32.2. The van der Waals surface area contributed by atoms with Crippen molar-refractivity contribution in [2.75, 3.05) is 26.1 Å². The normalized spacial score (nSPS) is 22.1. The molecule has 0 aliphatic carbocycles. The van der Waals surface area contributed by atoms with E-state index in [0.717, 1.165) is 44.6 Å². The van der Waals surface area contributed by atoms with Crippen LogP contribution >= 0.6 is 11.8 Å². The van der Waals surface area contributed by atoms with Crippen LogP contribution in [0.1, 0.15) is 42.5 Å². The molecule has 0 bridgehead atoms. The number of esters is 1. The molecule has 29 heavy (non-hydrogen) atoms. The van der Waals surface area contributed by atoms with E-state index in [9.17, 15) is 9.59 Å². The molecular formula is C21H26N2O5S. The molecule has 1 aromatic heterocycles. The fraction of sp³-hybridized carbons (Fsp3) is 0.571. The Morgan fingerprint density at radius 2 is 2.00 bits per heavy atom. The van der Waals surface area contributed by atoms with Crippen molar-refractivity contribution in [2.45, 2.75) is 56.0 Å². The fourth-order valence-corrected chi connectivity index (χ4v) is 4.89. The predicted molar refractivity (Wildman–Crippen MR) is 111 cm³/mol. The average Bonchev–Trinajstić information content (AvgIpc) is 3.27. The molecule has 0 radical (unpaired) electrons. The highest BCUT2D eigenvalue weighted by Crippen LogP contribution is 2.25. The van der Waals surface area contributed by atoms with Crippen LogP contribution in [0.15, 0.2) is 28.2 Å². The molecule has 0 saturated carbocycles. The van der Waals surface area contributed by atoms with Gasteiger partial charge in [-0.1, -0.05) is 11.8 Å². The predicted octanol–water partition coefficient (Wildman–Crippen LogP) is 3.02. The Kier molecular flexibility index (Phi) is 6.52. The smallest absolute Gasteiger partial charge is 0.337 e. The van der Waals surface area contributed by atoms with Gasteiger partial charge in [0.2, 0.25) is 0 Å². The summed E-state index contributed by atoms with van der Waals surface area (Å²) in [5, 5.41) is 1.14. The summed E-state index contributed by atoms with van der Waals surface area (Å²) in [4.78, 5) is 29.9. The second-order valence-electron chi connectivity index (χ2n) is 7.47. The lowest BCUT2D eigenvalue weighted by atomic mass is 10.1. The van der Waals surface area contributed by atoms with Gasteiger partial charge in [-0.05, 0) is 50.3 Å². The van der Waals surface area contributed by atoms with E-state index in [2.05, 4.69) is 0 Å². The molecule has 7 nitrogen and oxygen atoms in total. The number of ether oxygens (including phenoxy) is 3. The maximum absolute atomic E-state index is 13.2. The van der Waals surface area contributed by atoms with E-state index in [0.29, 0.717) is 28.2 Å². The van der Waals surface area contributed by atoms with Crippen LogP contribution < -0.4 is 5.56 Å². The summed E-state index contributed by atoms with van der Waals surface area (Å²) in [5.41, 5.74) is 0.790. The average molecular weight is 419 g/mol. The number of hydrogen-bond acceptors (Lipinski definition) is 7. The van der Waals surface area contributed by atoms with E-state index in [-0.39, 0.29) is 17.8 Å². The van der Waals surface area contributed by atoms with Gasteiger partial charge < -0.3 is 14.2 Å². The lowest BCUT2D eigenvalue weighted by molar-refractivity contribution is 0.0315. The van der Waals surface area contributed by atoms with Crippen LogP contribution in [0.4, 0.5) is 0 Å². The van der Waals surface area contributed by atoms with Crippen LogP contribution in [0.2, 0.25) is 0 Å². The number of aromatic nitrogens is 2. The molecule has 2 aliphatic heterocycles. The van der Waals surface area contributed by atoms with Crippen LogP contribution in [0, 0.1) is 0 Å². The van der Waals surface area contributed by atoms with Crippen LogP contribution in [-0.2, 0) is 20.8 Å². The van der Waals surface area contributed by atoms with Gasteiger partial charge in [0.1, 0.15) is 0 Å². The Morgan fingerprint density at radius 1 is 1.21 bits per heavy atom. The summed E-state index contributed by atoms with van der Waals surface area (Å²) in [6.07, 6.45) is 5.48. The van der Waals surface area contributed by atoms with Crippen LogP contribution in [0.3, 0.4) is 0 Å². The molecule has 2 saturated heterocycles. The van der Waals surface area contributed by atoms with Crippen molar-refractivity contribution in [3.05, 3.63) is 34.1 Å². The largest absolute Gasteiger partial charge is 0.465 e.